The first-order valence-corrected chi connectivity index (χ1v) is 19.7. The van der Waals surface area contributed by atoms with E-state index in [1.54, 1.807) is 16.4 Å². The van der Waals surface area contributed by atoms with Crippen molar-refractivity contribution in [1.82, 2.24) is 4.31 Å². The highest BCUT2D eigenvalue weighted by molar-refractivity contribution is 7.89. The summed E-state index contributed by atoms with van der Waals surface area (Å²) in [7, 11) is -5.67. The molecule has 4 nitrogen and oxygen atoms in total. The molecule has 1 atom stereocenters. The van der Waals surface area contributed by atoms with E-state index in [1.807, 2.05) is 79.7 Å². The smallest absolute Gasteiger partial charge is 0.243 e. The average Bonchev–Trinajstić information content (AvgIpc) is 2.99. The first-order valence-electron chi connectivity index (χ1n) is 14.6. The van der Waals surface area contributed by atoms with Crippen molar-refractivity contribution < 1.29 is 13.2 Å². The quantitative estimate of drug-likeness (QED) is 0.0836. The van der Waals surface area contributed by atoms with Gasteiger partial charge in [0.1, 0.15) is 5.60 Å². The zero-order chi connectivity index (χ0) is 30.2. The maximum Gasteiger partial charge on any atom is 0.243 e. The monoisotopic (exact) mass is 597 g/mol. The topological polar surface area (TPSA) is 46.6 Å². The highest BCUT2D eigenvalue weighted by Crippen LogP contribution is 2.41. The first kappa shape index (κ1) is 31.6. The summed E-state index contributed by atoms with van der Waals surface area (Å²) in [5.74, 6) is 0. The fourth-order valence-electron chi connectivity index (χ4n) is 5.33. The van der Waals surface area contributed by atoms with Crippen molar-refractivity contribution in [3.63, 3.8) is 0 Å². The molecule has 4 rings (SSSR count). The Kier molecular flexibility index (Phi) is 10.4. The molecule has 0 aliphatic heterocycles. The second-order valence-electron chi connectivity index (χ2n) is 12.0. The Morgan fingerprint density at radius 2 is 1.24 bits per heavy atom. The number of hydrogen-bond acceptors (Lipinski definition) is 3. The molecule has 0 spiro atoms. The van der Waals surface area contributed by atoms with Crippen molar-refractivity contribution in [1.29, 1.82) is 0 Å². The third-order valence-electron chi connectivity index (χ3n) is 7.40. The number of aryl methyl sites for hydroxylation is 1. The molecule has 0 radical (unpaired) electrons. The van der Waals surface area contributed by atoms with Gasteiger partial charge in [-0.2, -0.15) is 4.31 Å². The Balaban J connectivity index is 1.86. The van der Waals surface area contributed by atoms with Gasteiger partial charge >= 0.3 is 0 Å². The van der Waals surface area contributed by atoms with Crippen LogP contribution in [0, 0.1) is 6.92 Å². The molecule has 0 aromatic heterocycles. The SMILES string of the molecule is C=CCCC(COC(c1ccccc1)(c1ccccc1)c1ccccc1)N(C[Si](C)(C)C)S(=O)(=O)c1ccc(C)cc1. The largest absolute Gasteiger partial charge is 0.359 e. The minimum absolute atomic E-state index is 0.210. The van der Waals surface area contributed by atoms with Crippen LogP contribution in [0.5, 0.6) is 0 Å². The number of ether oxygens (including phenoxy) is 1. The lowest BCUT2D eigenvalue weighted by molar-refractivity contribution is -0.0107. The molecule has 4 aromatic carbocycles. The molecule has 0 saturated carbocycles. The summed E-state index contributed by atoms with van der Waals surface area (Å²) in [6.45, 7) is 12.7. The van der Waals surface area contributed by atoms with Crippen LogP contribution in [0.1, 0.15) is 35.1 Å². The summed E-state index contributed by atoms with van der Waals surface area (Å²) in [5, 5.41) is 0. The lowest BCUT2D eigenvalue weighted by atomic mass is 9.80. The van der Waals surface area contributed by atoms with Gasteiger partial charge in [-0.1, -0.05) is 134 Å². The van der Waals surface area contributed by atoms with E-state index in [2.05, 4.69) is 62.6 Å². The minimum Gasteiger partial charge on any atom is -0.359 e. The number of hydrogen-bond donors (Lipinski definition) is 0. The normalized spacial score (nSPS) is 13.2. The molecule has 0 heterocycles. The molecular weight excluding hydrogens is 555 g/mol. The van der Waals surface area contributed by atoms with Crippen LogP contribution in [0.25, 0.3) is 0 Å². The Morgan fingerprint density at radius 1 is 0.786 bits per heavy atom. The summed E-state index contributed by atoms with van der Waals surface area (Å²) < 4.78 is 37.5. The predicted molar refractivity (Wildman–Crippen MR) is 177 cm³/mol. The van der Waals surface area contributed by atoms with Gasteiger partial charge in [0.2, 0.25) is 10.0 Å². The van der Waals surface area contributed by atoms with Gasteiger partial charge in [0.15, 0.2) is 0 Å². The molecule has 0 fully saturated rings. The summed E-state index contributed by atoms with van der Waals surface area (Å²) in [6, 6.07) is 37.4. The number of rotatable bonds is 14. The van der Waals surface area contributed by atoms with Crippen LogP contribution in [0.3, 0.4) is 0 Å². The Labute approximate surface area is 253 Å². The summed E-state index contributed by atoms with van der Waals surface area (Å²) in [6.07, 6.45) is 3.63. The van der Waals surface area contributed by atoms with E-state index in [9.17, 15) is 8.42 Å². The van der Waals surface area contributed by atoms with Gasteiger partial charge < -0.3 is 4.74 Å². The van der Waals surface area contributed by atoms with Crippen LogP contribution in [0.15, 0.2) is 133 Å². The fraction of sp³-hybridized carbons (Fsp3) is 0.278. The maximum atomic E-state index is 14.3. The second-order valence-corrected chi connectivity index (χ2v) is 19.4. The molecule has 6 heteroatoms. The highest BCUT2D eigenvalue weighted by Gasteiger charge is 2.41. The van der Waals surface area contributed by atoms with Gasteiger partial charge in [-0.3, -0.25) is 0 Å². The molecular formula is C36H43NO3SSi. The van der Waals surface area contributed by atoms with Crippen molar-refractivity contribution in [3.8, 4) is 0 Å². The fourth-order valence-corrected chi connectivity index (χ4v) is 9.68. The molecule has 1 unspecified atom stereocenters. The Morgan fingerprint density at radius 3 is 1.64 bits per heavy atom. The van der Waals surface area contributed by atoms with Crippen LogP contribution in [-0.4, -0.2) is 39.6 Å². The van der Waals surface area contributed by atoms with Gasteiger partial charge in [0, 0.05) is 12.2 Å². The maximum absolute atomic E-state index is 14.3. The highest BCUT2D eigenvalue weighted by atomic mass is 32.2. The van der Waals surface area contributed by atoms with Gasteiger partial charge in [-0.15, -0.1) is 6.58 Å². The van der Waals surface area contributed by atoms with Gasteiger partial charge in [-0.05, 0) is 48.6 Å². The van der Waals surface area contributed by atoms with E-state index >= 15 is 0 Å². The zero-order valence-electron chi connectivity index (χ0n) is 25.2. The number of allylic oxidation sites excluding steroid dienone is 1. The lowest BCUT2D eigenvalue weighted by Gasteiger charge is -2.40. The zero-order valence-corrected chi connectivity index (χ0v) is 27.1. The van der Waals surface area contributed by atoms with Crippen LogP contribution in [0.2, 0.25) is 19.6 Å². The molecule has 0 bridgehead atoms. The lowest BCUT2D eigenvalue weighted by Crippen LogP contribution is -2.51. The average molecular weight is 598 g/mol. The van der Waals surface area contributed by atoms with E-state index in [0.29, 0.717) is 23.9 Å². The Hall–Kier alpha value is -3.29. The Bertz CT molecular complexity index is 1420. The summed E-state index contributed by atoms with van der Waals surface area (Å²) in [5.41, 5.74) is 3.05. The molecule has 0 aliphatic rings. The first-order chi connectivity index (χ1) is 20.1. The van der Waals surface area contributed by atoms with Crippen LogP contribution < -0.4 is 0 Å². The molecule has 0 N–H and O–H groups in total. The minimum atomic E-state index is -3.79. The molecule has 4 aromatic rings. The second kappa shape index (κ2) is 13.8. The van der Waals surface area contributed by atoms with Crippen LogP contribution >= 0.6 is 0 Å². The number of nitrogens with zero attached hydrogens (tertiary/aromatic N) is 1. The van der Waals surface area contributed by atoms with E-state index in [4.69, 9.17) is 4.74 Å². The van der Waals surface area contributed by atoms with E-state index in [0.717, 1.165) is 22.3 Å². The van der Waals surface area contributed by atoms with Gasteiger partial charge in [-0.25, -0.2) is 8.42 Å². The van der Waals surface area contributed by atoms with Crippen molar-refractivity contribution >= 4 is 18.1 Å². The molecule has 0 saturated heterocycles. The van der Waals surface area contributed by atoms with Gasteiger partial charge in [0.25, 0.3) is 0 Å². The van der Waals surface area contributed by atoms with E-state index in [1.165, 1.54) is 0 Å². The summed E-state index contributed by atoms with van der Waals surface area (Å²) >= 11 is 0. The summed E-state index contributed by atoms with van der Waals surface area (Å²) in [4.78, 5) is 0.315. The van der Waals surface area contributed by atoms with Crippen LogP contribution in [-0.2, 0) is 20.4 Å². The molecule has 220 valence electrons. The standard InChI is InChI=1S/C36H43NO3SSi/c1-6-7-23-34(37(29-42(3,4)5)41(38,39)35-26-24-30(2)25-27-35)28-40-36(31-17-11-8-12-18-31,32-19-13-9-14-20-32)33-21-15-10-16-22-33/h6,8-22,24-27,34H,1,7,23,28-29H2,2-5H3. The van der Waals surface area contributed by atoms with Crippen LogP contribution in [0.4, 0.5) is 0 Å². The molecule has 0 amide bonds. The molecule has 42 heavy (non-hydrogen) atoms. The van der Waals surface area contributed by atoms with E-state index < -0.39 is 29.7 Å². The van der Waals surface area contributed by atoms with Crippen molar-refractivity contribution in [3.05, 3.63) is 150 Å². The third kappa shape index (κ3) is 7.37. The van der Waals surface area contributed by atoms with Crippen molar-refractivity contribution in [2.75, 3.05) is 12.8 Å². The predicted octanol–water partition coefficient (Wildman–Crippen LogP) is 8.21. The van der Waals surface area contributed by atoms with Crippen molar-refractivity contribution in [2.45, 2.75) is 55.9 Å². The van der Waals surface area contributed by atoms with E-state index in [-0.39, 0.29) is 6.61 Å². The number of sulfonamides is 1. The third-order valence-corrected chi connectivity index (χ3v) is 10.8. The number of benzene rings is 4. The molecule has 0 aliphatic carbocycles. The van der Waals surface area contributed by atoms with Gasteiger partial charge in [0.05, 0.1) is 19.6 Å². The van der Waals surface area contributed by atoms with Crippen molar-refractivity contribution in [2.24, 2.45) is 0 Å².